The topological polar surface area (TPSA) is 41.5 Å². The number of hydrogen-bond donors (Lipinski definition) is 2. The van der Waals surface area contributed by atoms with Crippen molar-refractivity contribution in [3.8, 4) is 5.75 Å². The van der Waals surface area contributed by atoms with Crippen LogP contribution in [0.25, 0.3) is 0 Å². The minimum Gasteiger partial charge on any atom is -0.493 e. The summed E-state index contributed by atoms with van der Waals surface area (Å²) in [6, 6.07) is 5.11. The third kappa shape index (κ3) is 4.38. The predicted molar refractivity (Wildman–Crippen MR) is 90.4 cm³/mol. The Kier molecular flexibility index (Phi) is 6.40. The standard InChI is InChI=1S/C17H27NO2S/c1-12-9-13(2)17-15(10-12)16(5-4-8-20-17)18-14(6-7-19)11-21-3/h9-10,14,16,18-19H,4-8,11H2,1-3H3. The van der Waals surface area contributed by atoms with Crippen LogP contribution in [0, 0.1) is 13.8 Å². The molecule has 0 aliphatic carbocycles. The molecule has 0 bridgehead atoms. The average molecular weight is 309 g/mol. The van der Waals surface area contributed by atoms with Crippen LogP contribution in [0.4, 0.5) is 0 Å². The van der Waals surface area contributed by atoms with E-state index in [0.29, 0.717) is 12.1 Å². The van der Waals surface area contributed by atoms with Crippen LogP contribution in [0.2, 0.25) is 0 Å². The normalized spacial score (nSPS) is 19.5. The zero-order chi connectivity index (χ0) is 15.2. The van der Waals surface area contributed by atoms with Crippen molar-refractivity contribution in [2.45, 2.75) is 45.2 Å². The molecule has 1 aromatic rings. The fourth-order valence-corrected chi connectivity index (χ4v) is 3.76. The van der Waals surface area contributed by atoms with Gasteiger partial charge in [0.1, 0.15) is 5.75 Å². The van der Waals surface area contributed by atoms with Gasteiger partial charge in [-0.3, -0.25) is 0 Å². The molecule has 2 rings (SSSR count). The highest BCUT2D eigenvalue weighted by molar-refractivity contribution is 7.98. The van der Waals surface area contributed by atoms with E-state index in [1.165, 1.54) is 16.7 Å². The first-order valence-corrected chi connectivity index (χ1v) is 9.15. The van der Waals surface area contributed by atoms with Crippen molar-refractivity contribution in [3.05, 3.63) is 28.8 Å². The summed E-state index contributed by atoms with van der Waals surface area (Å²) in [5, 5.41) is 13.0. The molecular weight excluding hydrogens is 282 g/mol. The number of hydrogen-bond acceptors (Lipinski definition) is 4. The van der Waals surface area contributed by atoms with Crippen molar-refractivity contribution in [1.29, 1.82) is 0 Å². The summed E-state index contributed by atoms with van der Waals surface area (Å²) in [5.41, 5.74) is 3.79. The van der Waals surface area contributed by atoms with Crippen molar-refractivity contribution >= 4 is 11.8 Å². The van der Waals surface area contributed by atoms with E-state index < -0.39 is 0 Å². The fourth-order valence-electron chi connectivity index (χ4n) is 3.09. The molecule has 0 spiro atoms. The molecule has 2 atom stereocenters. The smallest absolute Gasteiger partial charge is 0.126 e. The van der Waals surface area contributed by atoms with Gasteiger partial charge >= 0.3 is 0 Å². The van der Waals surface area contributed by atoms with Crippen LogP contribution in [0.3, 0.4) is 0 Å². The molecule has 0 aromatic heterocycles. The van der Waals surface area contributed by atoms with Gasteiger partial charge in [-0.15, -0.1) is 0 Å². The lowest BCUT2D eigenvalue weighted by atomic mass is 9.96. The Labute approximate surface area is 132 Å². The van der Waals surface area contributed by atoms with Crippen molar-refractivity contribution < 1.29 is 9.84 Å². The van der Waals surface area contributed by atoms with E-state index in [4.69, 9.17) is 4.74 Å². The number of ether oxygens (including phenoxy) is 1. The van der Waals surface area contributed by atoms with Gasteiger partial charge in [0.25, 0.3) is 0 Å². The third-order valence-electron chi connectivity index (χ3n) is 3.99. The van der Waals surface area contributed by atoms with Gasteiger partial charge in [-0.2, -0.15) is 11.8 Å². The van der Waals surface area contributed by atoms with E-state index in [-0.39, 0.29) is 6.61 Å². The molecule has 118 valence electrons. The number of aliphatic hydroxyl groups excluding tert-OH is 1. The number of benzene rings is 1. The molecular formula is C17H27NO2S. The SMILES string of the molecule is CSCC(CCO)NC1CCCOc2c(C)cc(C)cc21. The van der Waals surface area contributed by atoms with Crippen LogP contribution in [0.5, 0.6) is 5.75 Å². The van der Waals surface area contributed by atoms with Gasteiger partial charge in [0.2, 0.25) is 0 Å². The average Bonchev–Trinajstić information content (AvgIpc) is 2.62. The zero-order valence-electron chi connectivity index (χ0n) is 13.3. The fraction of sp³-hybridized carbons (Fsp3) is 0.647. The van der Waals surface area contributed by atoms with Gasteiger partial charge in [-0.1, -0.05) is 17.7 Å². The number of fused-ring (bicyclic) bond motifs is 1. The number of aryl methyl sites for hydroxylation is 2. The highest BCUT2D eigenvalue weighted by atomic mass is 32.2. The lowest BCUT2D eigenvalue weighted by Crippen LogP contribution is -2.35. The Balaban J connectivity index is 2.24. The molecule has 1 aliphatic rings. The van der Waals surface area contributed by atoms with Crippen LogP contribution >= 0.6 is 11.8 Å². The van der Waals surface area contributed by atoms with Gasteiger partial charge in [-0.25, -0.2) is 0 Å². The number of rotatable bonds is 6. The van der Waals surface area contributed by atoms with Crippen LogP contribution in [0.15, 0.2) is 12.1 Å². The van der Waals surface area contributed by atoms with Gasteiger partial charge in [0, 0.05) is 30.0 Å². The van der Waals surface area contributed by atoms with E-state index in [2.05, 4.69) is 37.6 Å². The molecule has 3 nitrogen and oxygen atoms in total. The molecule has 4 heteroatoms. The second-order valence-electron chi connectivity index (χ2n) is 5.87. The Hall–Kier alpha value is -0.710. The number of thioether (sulfide) groups is 1. The molecule has 0 radical (unpaired) electrons. The van der Waals surface area contributed by atoms with E-state index in [1.54, 1.807) is 0 Å². The van der Waals surface area contributed by atoms with Gasteiger partial charge < -0.3 is 15.2 Å². The minimum atomic E-state index is 0.237. The monoisotopic (exact) mass is 309 g/mol. The zero-order valence-corrected chi connectivity index (χ0v) is 14.1. The second-order valence-corrected chi connectivity index (χ2v) is 6.79. The molecule has 21 heavy (non-hydrogen) atoms. The molecule has 0 saturated heterocycles. The van der Waals surface area contributed by atoms with Gasteiger partial charge in [-0.05, 0) is 44.9 Å². The molecule has 0 saturated carbocycles. The summed E-state index contributed by atoms with van der Waals surface area (Å²) >= 11 is 1.83. The summed E-state index contributed by atoms with van der Waals surface area (Å²) in [5.74, 6) is 2.08. The lowest BCUT2D eigenvalue weighted by molar-refractivity contribution is 0.262. The maximum Gasteiger partial charge on any atom is 0.126 e. The predicted octanol–water partition coefficient (Wildman–Crippen LogP) is 3.22. The molecule has 2 N–H and O–H groups in total. The molecule has 2 unspecified atom stereocenters. The first-order chi connectivity index (χ1) is 10.2. The van der Waals surface area contributed by atoms with Crippen LogP contribution < -0.4 is 10.1 Å². The van der Waals surface area contributed by atoms with Crippen molar-refractivity contribution in [2.75, 3.05) is 25.2 Å². The minimum absolute atomic E-state index is 0.237. The van der Waals surface area contributed by atoms with Crippen LogP contribution in [0.1, 0.15) is 42.0 Å². The van der Waals surface area contributed by atoms with Crippen molar-refractivity contribution in [2.24, 2.45) is 0 Å². The van der Waals surface area contributed by atoms with Crippen molar-refractivity contribution in [1.82, 2.24) is 5.32 Å². The van der Waals surface area contributed by atoms with Crippen LogP contribution in [-0.2, 0) is 0 Å². The number of aliphatic hydroxyl groups is 1. The largest absolute Gasteiger partial charge is 0.493 e. The van der Waals surface area contributed by atoms with E-state index >= 15 is 0 Å². The Bertz CT molecular complexity index is 458. The molecule has 0 fully saturated rings. The summed E-state index contributed by atoms with van der Waals surface area (Å²) in [6.07, 6.45) is 5.07. The molecule has 1 heterocycles. The summed E-state index contributed by atoms with van der Waals surface area (Å²) in [4.78, 5) is 0. The van der Waals surface area contributed by atoms with Crippen molar-refractivity contribution in [3.63, 3.8) is 0 Å². The summed E-state index contributed by atoms with van der Waals surface area (Å²) in [6.45, 7) is 5.30. The highest BCUT2D eigenvalue weighted by Gasteiger charge is 2.23. The third-order valence-corrected chi connectivity index (χ3v) is 4.72. The molecule has 1 aliphatic heterocycles. The second kappa shape index (κ2) is 8.06. The van der Waals surface area contributed by atoms with E-state index in [1.807, 2.05) is 11.8 Å². The summed E-state index contributed by atoms with van der Waals surface area (Å²) < 4.78 is 5.97. The molecule has 1 aromatic carbocycles. The summed E-state index contributed by atoms with van der Waals surface area (Å²) in [7, 11) is 0. The maximum absolute atomic E-state index is 9.26. The van der Waals surface area contributed by atoms with Gasteiger partial charge in [0.15, 0.2) is 0 Å². The van der Waals surface area contributed by atoms with E-state index in [9.17, 15) is 5.11 Å². The molecule has 0 amide bonds. The lowest BCUT2D eigenvalue weighted by Gasteiger charge is -2.26. The Morgan fingerprint density at radius 1 is 1.43 bits per heavy atom. The number of nitrogens with one attached hydrogen (secondary N) is 1. The Morgan fingerprint density at radius 3 is 2.95 bits per heavy atom. The first kappa shape index (κ1) is 16.7. The van der Waals surface area contributed by atoms with E-state index in [0.717, 1.165) is 37.4 Å². The van der Waals surface area contributed by atoms with Crippen LogP contribution in [-0.4, -0.2) is 36.4 Å². The Morgan fingerprint density at radius 2 is 2.24 bits per heavy atom. The van der Waals surface area contributed by atoms with Gasteiger partial charge in [0.05, 0.1) is 6.61 Å². The highest BCUT2D eigenvalue weighted by Crippen LogP contribution is 2.35. The first-order valence-electron chi connectivity index (χ1n) is 7.75. The maximum atomic E-state index is 9.26. The quantitative estimate of drug-likeness (QED) is 0.846.